The van der Waals surface area contributed by atoms with Gasteiger partial charge in [-0.1, -0.05) is 19.4 Å². The molecule has 160 valence electrons. The van der Waals surface area contributed by atoms with E-state index in [-0.39, 0.29) is 29.0 Å². The van der Waals surface area contributed by atoms with Crippen LogP contribution in [0.3, 0.4) is 0 Å². The van der Waals surface area contributed by atoms with E-state index in [9.17, 15) is 24.6 Å². The molecule has 7 atom stereocenters. The summed E-state index contributed by atoms with van der Waals surface area (Å²) < 4.78 is 5.68. The molecule has 4 aliphatic rings. The van der Waals surface area contributed by atoms with Gasteiger partial charge in [-0.2, -0.15) is 0 Å². The summed E-state index contributed by atoms with van der Waals surface area (Å²) in [5, 5.41) is 21.0. The lowest BCUT2D eigenvalue weighted by Gasteiger charge is -2.60. The number of hydrogen-bond donors (Lipinski definition) is 2. The predicted octanol–water partition coefficient (Wildman–Crippen LogP) is 2.35. The van der Waals surface area contributed by atoms with E-state index in [0.29, 0.717) is 19.3 Å². The third kappa shape index (κ3) is 2.71. The zero-order valence-corrected chi connectivity index (χ0v) is 17.6. The first kappa shape index (κ1) is 20.7. The molecule has 6 nitrogen and oxygen atoms in total. The Morgan fingerprint density at radius 1 is 1.21 bits per heavy atom. The van der Waals surface area contributed by atoms with Crippen LogP contribution in [0.2, 0.25) is 0 Å². The fourth-order valence-electron chi connectivity index (χ4n) is 7.73. The number of carbonyl (C=O) groups excluding carboxylic acids is 3. The number of esters is 1. The molecule has 0 saturated heterocycles. The molecule has 4 aliphatic carbocycles. The molecule has 29 heavy (non-hydrogen) atoms. The van der Waals surface area contributed by atoms with Crippen LogP contribution >= 0.6 is 0 Å². The minimum atomic E-state index is -1.37. The van der Waals surface area contributed by atoms with Gasteiger partial charge in [-0.15, -0.1) is 0 Å². The van der Waals surface area contributed by atoms with Crippen molar-refractivity contribution in [1.29, 1.82) is 0 Å². The quantitative estimate of drug-likeness (QED) is 0.701. The molecule has 0 radical (unpaired) electrons. The molecule has 0 aromatic rings. The Balaban J connectivity index is 1.76. The van der Waals surface area contributed by atoms with E-state index in [1.807, 2.05) is 6.92 Å². The van der Waals surface area contributed by atoms with Crippen LogP contribution in [0.1, 0.15) is 65.7 Å². The second kappa shape index (κ2) is 6.74. The largest absolute Gasteiger partial charge is 0.451 e. The van der Waals surface area contributed by atoms with Crippen LogP contribution in [-0.4, -0.2) is 46.1 Å². The lowest BCUT2D eigenvalue weighted by atomic mass is 9.45. The van der Waals surface area contributed by atoms with Crippen LogP contribution in [0.5, 0.6) is 0 Å². The number of aliphatic hydroxyl groups is 2. The van der Waals surface area contributed by atoms with Gasteiger partial charge in [0.2, 0.25) is 5.78 Å². The van der Waals surface area contributed by atoms with Gasteiger partial charge in [0, 0.05) is 18.8 Å². The highest BCUT2D eigenvalue weighted by molar-refractivity contribution is 5.92. The number of allylic oxidation sites excluding steroid dienone is 1. The molecule has 0 unspecified atom stereocenters. The molecular formula is C23H32O6. The molecule has 0 aromatic heterocycles. The zero-order chi connectivity index (χ0) is 21.2. The fourth-order valence-corrected chi connectivity index (χ4v) is 7.73. The van der Waals surface area contributed by atoms with E-state index >= 15 is 0 Å². The number of aliphatic hydroxyl groups excluding tert-OH is 2. The normalized spacial score (nSPS) is 46.2. The molecule has 0 heterocycles. The van der Waals surface area contributed by atoms with Crippen molar-refractivity contribution in [3.8, 4) is 0 Å². The third-order valence-corrected chi connectivity index (χ3v) is 8.93. The fraction of sp³-hybridized carbons (Fsp3) is 0.783. The van der Waals surface area contributed by atoms with E-state index in [4.69, 9.17) is 4.74 Å². The number of hydrogen-bond acceptors (Lipinski definition) is 6. The van der Waals surface area contributed by atoms with Crippen LogP contribution in [0.15, 0.2) is 11.6 Å². The minimum Gasteiger partial charge on any atom is -0.451 e. The maximum Gasteiger partial charge on any atom is 0.303 e. The third-order valence-electron chi connectivity index (χ3n) is 8.93. The van der Waals surface area contributed by atoms with Gasteiger partial charge in [0.1, 0.15) is 6.61 Å². The Morgan fingerprint density at radius 2 is 1.93 bits per heavy atom. The number of Topliss-reactive ketones (excluding diaryl/α,β-unsaturated/α-hetero) is 1. The van der Waals surface area contributed by atoms with Crippen LogP contribution < -0.4 is 0 Å². The van der Waals surface area contributed by atoms with Crippen molar-refractivity contribution in [2.24, 2.45) is 28.6 Å². The summed E-state index contributed by atoms with van der Waals surface area (Å²) in [6.07, 6.45) is 5.59. The summed E-state index contributed by atoms with van der Waals surface area (Å²) in [6.45, 7) is 4.76. The molecule has 0 spiro atoms. The van der Waals surface area contributed by atoms with Gasteiger partial charge in [-0.25, -0.2) is 0 Å². The summed E-state index contributed by atoms with van der Waals surface area (Å²) in [6, 6.07) is 0. The lowest BCUT2D eigenvalue weighted by molar-refractivity contribution is -0.200. The first-order chi connectivity index (χ1) is 13.6. The smallest absolute Gasteiger partial charge is 0.303 e. The minimum absolute atomic E-state index is 0.0334. The van der Waals surface area contributed by atoms with E-state index in [1.54, 1.807) is 6.08 Å². The van der Waals surface area contributed by atoms with E-state index < -0.39 is 35.5 Å². The average molecular weight is 405 g/mol. The summed E-state index contributed by atoms with van der Waals surface area (Å²) >= 11 is 0. The van der Waals surface area contributed by atoms with E-state index in [0.717, 1.165) is 31.3 Å². The van der Waals surface area contributed by atoms with Crippen molar-refractivity contribution in [1.82, 2.24) is 0 Å². The highest BCUT2D eigenvalue weighted by Gasteiger charge is 2.70. The van der Waals surface area contributed by atoms with Gasteiger partial charge in [0.25, 0.3) is 0 Å². The second-order valence-electron chi connectivity index (χ2n) is 10.1. The molecule has 0 aliphatic heterocycles. The Kier molecular flexibility index (Phi) is 4.82. The highest BCUT2D eigenvalue weighted by atomic mass is 16.6. The Morgan fingerprint density at radius 3 is 2.59 bits per heavy atom. The Hall–Kier alpha value is -1.53. The summed E-state index contributed by atoms with van der Waals surface area (Å²) in [5.74, 6) is -0.462. The Bertz CT molecular complexity index is 786. The van der Waals surface area contributed by atoms with Crippen molar-refractivity contribution >= 4 is 17.5 Å². The van der Waals surface area contributed by atoms with Crippen molar-refractivity contribution in [3.63, 3.8) is 0 Å². The monoisotopic (exact) mass is 404 g/mol. The number of carbonyl (C=O) groups is 3. The van der Waals surface area contributed by atoms with Gasteiger partial charge < -0.3 is 14.9 Å². The Labute approximate surface area is 171 Å². The SMILES string of the molecule is CC(=O)O[C@]1(C(=O)CO)CC[C@@H]2[C@@H]3CCC4=CC(=O)CC[C@]4(C)[C@@H]3[C@H](O)C[C@@]21C. The van der Waals surface area contributed by atoms with Crippen LogP contribution in [0.25, 0.3) is 0 Å². The van der Waals surface area contributed by atoms with Gasteiger partial charge in [-0.3, -0.25) is 14.4 Å². The lowest BCUT2D eigenvalue weighted by Crippen LogP contribution is -2.63. The molecule has 3 fully saturated rings. The van der Waals surface area contributed by atoms with E-state index in [1.165, 1.54) is 6.92 Å². The molecule has 2 N–H and O–H groups in total. The van der Waals surface area contributed by atoms with Crippen molar-refractivity contribution in [2.45, 2.75) is 77.4 Å². The summed E-state index contributed by atoms with van der Waals surface area (Å²) in [4.78, 5) is 36.8. The molecular weight excluding hydrogens is 372 g/mol. The predicted molar refractivity (Wildman–Crippen MR) is 105 cm³/mol. The molecule has 0 aromatic carbocycles. The first-order valence-electron chi connectivity index (χ1n) is 10.8. The molecule has 4 rings (SSSR count). The topological polar surface area (TPSA) is 101 Å². The standard InChI is InChI=1S/C23H32O6/c1-13(25)29-23(19(28)12-24)9-7-17-16-5-4-14-10-15(26)6-8-21(14,2)20(16)18(27)11-22(17,23)3/h10,16-18,20,24,27H,4-9,11-12H2,1-3H3/t16-,17+,18+,20-,21-,22-,23-/m0/s1. The zero-order valence-electron chi connectivity index (χ0n) is 17.6. The maximum absolute atomic E-state index is 12.9. The van der Waals surface area contributed by atoms with Gasteiger partial charge in [-0.05, 0) is 67.8 Å². The maximum atomic E-state index is 12.9. The molecule has 0 bridgehead atoms. The summed E-state index contributed by atoms with van der Waals surface area (Å²) in [5.41, 5.74) is -1.12. The molecule has 6 heteroatoms. The van der Waals surface area contributed by atoms with Crippen molar-refractivity contribution in [2.75, 3.05) is 6.61 Å². The molecule has 0 amide bonds. The number of rotatable bonds is 3. The van der Waals surface area contributed by atoms with Crippen LogP contribution in [-0.2, 0) is 19.1 Å². The molecule has 3 saturated carbocycles. The van der Waals surface area contributed by atoms with E-state index in [2.05, 4.69) is 6.92 Å². The van der Waals surface area contributed by atoms with Crippen molar-refractivity contribution < 1.29 is 29.3 Å². The van der Waals surface area contributed by atoms with Crippen LogP contribution in [0, 0.1) is 28.6 Å². The van der Waals surface area contributed by atoms with Gasteiger partial charge in [0.15, 0.2) is 11.4 Å². The van der Waals surface area contributed by atoms with Crippen molar-refractivity contribution in [3.05, 3.63) is 11.6 Å². The first-order valence-corrected chi connectivity index (χ1v) is 10.8. The second-order valence-corrected chi connectivity index (χ2v) is 10.1. The van der Waals surface area contributed by atoms with Crippen LogP contribution in [0.4, 0.5) is 0 Å². The summed E-state index contributed by atoms with van der Waals surface area (Å²) in [7, 11) is 0. The number of ether oxygens (including phenoxy) is 1. The average Bonchev–Trinajstić information content (AvgIpc) is 2.93. The highest BCUT2D eigenvalue weighted by Crippen LogP contribution is 2.68. The number of ketones is 2. The number of fused-ring (bicyclic) bond motifs is 5. The van der Waals surface area contributed by atoms with Gasteiger partial charge in [0.05, 0.1) is 6.10 Å². The van der Waals surface area contributed by atoms with Gasteiger partial charge >= 0.3 is 5.97 Å².